The molecular formula is C50H54I2N8O8. The van der Waals surface area contributed by atoms with Crippen LogP contribution in [0.1, 0.15) is 62.5 Å². The maximum absolute atomic E-state index is 13.2. The van der Waals surface area contributed by atoms with Gasteiger partial charge in [-0.25, -0.2) is 14.3 Å². The Kier molecular flexibility index (Phi) is 19.7. The molecule has 16 nitrogen and oxygen atoms in total. The predicted octanol–water partition coefficient (Wildman–Crippen LogP) is 9.01. The van der Waals surface area contributed by atoms with E-state index >= 15 is 0 Å². The topological polar surface area (TPSA) is 183 Å². The number of aromatic nitrogens is 6. The minimum atomic E-state index is -0.894. The molecule has 1 amide bonds. The fourth-order valence-electron chi connectivity index (χ4n) is 7.26. The number of esters is 2. The zero-order chi connectivity index (χ0) is 47.3. The molecule has 0 unspecified atom stereocenters. The van der Waals surface area contributed by atoms with Gasteiger partial charge in [-0.3, -0.25) is 9.63 Å². The fraction of sp³-hybridized carbons (Fsp3) is 0.340. The van der Waals surface area contributed by atoms with Crippen molar-refractivity contribution in [2.75, 3.05) is 26.4 Å². The Hall–Kier alpha value is -5.71. The van der Waals surface area contributed by atoms with E-state index in [0.717, 1.165) is 90.4 Å². The van der Waals surface area contributed by atoms with Gasteiger partial charge in [-0.05, 0) is 144 Å². The number of carbonyl (C=O) groups is 3. The van der Waals surface area contributed by atoms with Crippen molar-refractivity contribution in [3.63, 3.8) is 0 Å². The van der Waals surface area contributed by atoms with E-state index in [1.807, 2.05) is 103 Å². The first-order valence-corrected chi connectivity index (χ1v) is 24.9. The SMILES string of the molecule is O=C(OCCCCCCOc1cc(I)c(OCCCCCCOC(=O)[C@H](Cc2ccccc2)NC(=O)n2nnc3ccccc32)cc1I)[C@H](Cc1ccccc1)NOCn1nnc2ccccc21. The standard InChI is InChI=1S/C50H54I2N8O8/c51-38-34-47(65-28-16-2-4-18-30-67-49(62)43(32-37-21-9-6-10-22-37)56-68-35-59-44-25-13-11-23-40(44)54-57-59)39(52)33-46(38)64-27-15-1-3-17-29-66-48(61)42(31-36-19-7-5-8-20-36)53-50(63)60-45-26-14-12-24-41(45)55-58-60/h5-14,19-26,33-34,42-43,56H,1-4,15-18,27-32,35H2,(H,53,63)/t42-,43-/m0/s1. The van der Waals surface area contributed by atoms with E-state index in [9.17, 15) is 14.4 Å². The van der Waals surface area contributed by atoms with Crippen LogP contribution in [0.5, 0.6) is 11.5 Å². The van der Waals surface area contributed by atoms with Crippen LogP contribution in [0.3, 0.4) is 0 Å². The van der Waals surface area contributed by atoms with Crippen molar-refractivity contribution >= 4 is 85.2 Å². The lowest BCUT2D eigenvalue weighted by atomic mass is 10.1. The molecule has 5 aromatic carbocycles. The predicted molar refractivity (Wildman–Crippen MR) is 273 cm³/mol. The number of fused-ring (bicyclic) bond motifs is 2. The third kappa shape index (κ3) is 15.1. The Morgan fingerprint density at radius 2 is 1.01 bits per heavy atom. The normalized spacial score (nSPS) is 12.1. The third-order valence-electron chi connectivity index (χ3n) is 10.9. The van der Waals surface area contributed by atoms with Gasteiger partial charge in [-0.2, -0.15) is 10.2 Å². The van der Waals surface area contributed by atoms with E-state index in [4.69, 9.17) is 23.8 Å². The maximum atomic E-state index is 13.2. The number of rotatable bonds is 27. The zero-order valence-electron chi connectivity index (χ0n) is 37.5. The second-order valence-electron chi connectivity index (χ2n) is 16.0. The third-order valence-corrected chi connectivity index (χ3v) is 12.6. The Labute approximate surface area is 422 Å². The summed E-state index contributed by atoms with van der Waals surface area (Å²) in [5.41, 5.74) is 7.51. The van der Waals surface area contributed by atoms with Crippen LogP contribution in [-0.2, 0) is 43.5 Å². The number of carbonyl (C=O) groups excluding carboxylic acids is 3. The monoisotopic (exact) mass is 1150 g/mol. The van der Waals surface area contributed by atoms with Gasteiger partial charge in [0.05, 0.1) is 44.6 Å². The molecule has 7 rings (SSSR count). The molecule has 18 heteroatoms. The maximum Gasteiger partial charge on any atom is 0.344 e. The molecule has 2 atom stereocenters. The summed E-state index contributed by atoms with van der Waals surface area (Å²) < 4.78 is 28.3. The number of hydrogen-bond donors (Lipinski definition) is 2. The van der Waals surface area contributed by atoms with Crippen LogP contribution in [0.2, 0.25) is 0 Å². The van der Waals surface area contributed by atoms with Crippen molar-refractivity contribution in [3.05, 3.63) is 140 Å². The summed E-state index contributed by atoms with van der Waals surface area (Å²) in [5.74, 6) is 0.760. The number of hydroxylamine groups is 1. The van der Waals surface area contributed by atoms with Crippen molar-refractivity contribution in [2.24, 2.45) is 0 Å². The highest BCUT2D eigenvalue weighted by Gasteiger charge is 2.25. The lowest BCUT2D eigenvalue weighted by Crippen LogP contribution is -2.45. The minimum Gasteiger partial charge on any atom is -0.492 e. The average Bonchev–Trinajstić information content (AvgIpc) is 3.99. The van der Waals surface area contributed by atoms with Crippen molar-refractivity contribution in [2.45, 2.75) is 83.0 Å². The number of amides is 1. The number of nitrogens with one attached hydrogen (secondary N) is 2. The number of nitrogens with zero attached hydrogens (tertiary/aromatic N) is 6. The molecule has 2 heterocycles. The van der Waals surface area contributed by atoms with Gasteiger partial charge in [-0.1, -0.05) is 95.4 Å². The summed E-state index contributed by atoms with van der Waals surface area (Å²) in [5, 5.41) is 19.1. The van der Waals surface area contributed by atoms with Crippen LogP contribution in [0.25, 0.3) is 22.1 Å². The largest absolute Gasteiger partial charge is 0.492 e. The molecule has 7 aromatic rings. The van der Waals surface area contributed by atoms with Crippen LogP contribution in [-0.4, -0.2) is 86.5 Å². The number of ether oxygens (including phenoxy) is 4. The lowest BCUT2D eigenvalue weighted by molar-refractivity contribution is -0.152. The number of hydrogen-bond acceptors (Lipinski definition) is 13. The summed E-state index contributed by atoms with van der Waals surface area (Å²) >= 11 is 4.55. The molecule has 2 N–H and O–H groups in total. The second-order valence-corrected chi connectivity index (χ2v) is 18.3. The molecule has 0 radical (unpaired) electrons. The summed E-state index contributed by atoms with van der Waals surface area (Å²) in [6.07, 6.45) is 7.43. The molecule has 0 saturated heterocycles. The smallest absolute Gasteiger partial charge is 0.344 e. The Bertz CT molecular complexity index is 2690. The number of unbranched alkanes of at least 4 members (excludes halogenated alkanes) is 6. The molecule has 0 aliphatic carbocycles. The number of halogens is 2. The molecule has 356 valence electrons. The minimum absolute atomic E-state index is 0.0815. The highest BCUT2D eigenvalue weighted by atomic mass is 127. The Balaban J connectivity index is 0.745. The molecule has 0 bridgehead atoms. The number of para-hydroxylation sites is 2. The first-order valence-electron chi connectivity index (χ1n) is 22.7. The summed E-state index contributed by atoms with van der Waals surface area (Å²) in [4.78, 5) is 45.3. The Morgan fingerprint density at radius 3 is 1.60 bits per heavy atom. The summed E-state index contributed by atoms with van der Waals surface area (Å²) in [7, 11) is 0. The molecule has 2 aromatic heterocycles. The summed E-state index contributed by atoms with van der Waals surface area (Å²) in [6.45, 7) is 1.78. The first kappa shape index (κ1) is 50.2. The molecule has 0 fully saturated rings. The highest BCUT2D eigenvalue weighted by Crippen LogP contribution is 2.32. The average molecular weight is 1150 g/mol. The number of benzene rings is 5. The lowest BCUT2D eigenvalue weighted by Gasteiger charge is -2.18. The molecule has 0 spiro atoms. The van der Waals surface area contributed by atoms with Crippen LogP contribution in [0.4, 0.5) is 4.79 Å². The van der Waals surface area contributed by atoms with Gasteiger partial charge in [0.1, 0.15) is 34.6 Å². The van der Waals surface area contributed by atoms with Gasteiger partial charge in [0.25, 0.3) is 0 Å². The van der Waals surface area contributed by atoms with Gasteiger partial charge >= 0.3 is 18.0 Å². The molecule has 68 heavy (non-hydrogen) atoms. The highest BCUT2D eigenvalue weighted by molar-refractivity contribution is 14.1. The van der Waals surface area contributed by atoms with E-state index in [0.29, 0.717) is 43.7 Å². The first-order chi connectivity index (χ1) is 33.3. The van der Waals surface area contributed by atoms with Gasteiger partial charge in [0.2, 0.25) is 0 Å². The second kappa shape index (κ2) is 26.7. The van der Waals surface area contributed by atoms with Crippen molar-refractivity contribution in [3.8, 4) is 11.5 Å². The molecule has 0 aliphatic heterocycles. The van der Waals surface area contributed by atoms with Gasteiger partial charge < -0.3 is 24.3 Å². The van der Waals surface area contributed by atoms with E-state index in [1.54, 1.807) is 22.9 Å². The quantitative estimate of drug-likeness (QED) is 0.0216. The van der Waals surface area contributed by atoms with Gasteiger partial charge in [-0.15, -0.1) is 10.2 Å². The van der Waals surface area contributed by atoms with Crippen LogP contribution >= 0.6 is 45.2 Å². The van der Waals surface area contributed by atoms with Crippen molar-refractivity contribution in [1.29, 1.82) is 0 Å². The fourth-order valence-corrected chi connectivity index (χ4v) is 8.45. The molecule has 0 aliphatic rings. The molecule has 0 saturated carbocycles. The van der Waals surface area contributed by atoms with Crippen LogP contribution in [0, 0.1) is 7.14 Å². The van der Waals surface area contributed by atoms with E-state index < -0.39 is 24.1 Å². The Morgan fingerprint density at radius 1 is 0.544 bits per heavy atom. The van der Waals surface area contributed by atoms with E-state index in [1.165, 1.54) is 0 Å². The van der Waals surface area contributed by atoms with Crippen LogP contribution in [0.15, 0.2) is 121 Å². The van der Waals surface area contributed by atoms with Gasteiger partial charge in [0, 0.05) is 12.8 Å². The van der Waals surface area contributed by atoms with Crippen LogP contribution < -0.4 is 20.3 Å². The van der Waals surface area contributed by atoms with Crippen molar-refractivity contribution in [1.82, 2.24) is 40.8 Å². The van der Waals surface area contributed by atoms with Crippen molar-refractivity contribution < 1.29 is 38.2 Å². The zero-order valence-corrected chi connectivity index (χ0v) is 41.8. The summed E-state index contributed by atoms with van der Waals surface area (Å²) in [6, 6.07) is 35.9. The molecular weight excluding hydrogens is 1090 g/mol. The van der Waals surface area contributed by atoms with E-state index in [2.05, 4.69) is 76.6 Å². The van der Waals surface area contributed by atoms with E-state index in [-0.39, 0.29) is 25.7 Å². The van der Waals surface area contributed by atoms with Gasteiger partial charge in [0.15, 0.2) is 6.73 Å².